The number of nitrogens with one attached hydrogen (secondary N) is 2. The van der Waals surface area contributed by atoms with Crippen LogP contribution in [0.25, 0.3) is 0 Å². The molecule has 33 heavy (non-hydrogen) atoms. The van der Waals surface area contributed by atoms with Gasteiger partial charge in [-0.3, -0.25) is 14.3 Å². The first kappa shape index (κ1) is 22.8. The summed E-state index contributed by atoms with van der Waals surface area (Å²) in [6, 6.07) is 17.8. The monoisotopic (exact) mass is 483 g/mol. The minimum absolute atomic E-state index is 0.0302. The topological polar surface area (TPSA) is 95.6 Å². The molecule has 9 heteroatoms. The van der Waals surface area contributed by atoms with Crippen molar-refractivity contribution < 1.29 is 18.0 Å². The Kier molecular flexibility index (Phi) is 6.40. The molecule has 0 spiro atoms. The Bertz CT molecular complexity index is 1320. The fraction of sp³-hybridized carbons (Fsp3) is 0.167. The average molecular weight is 484 g/mol. The van der Waals surface area contributed by atoms with Gasteiger partial charge in [0.25, 0.3) is 15.9 Å². The van der Waals surface area contributed by atoms with Gasteiger partial charge in [0.2, 0.25) is 5.91 Å². The first-order valence-electron chi connectivity index (χ1n) is 10.3. The van der Waals surface area contributed by atoms with E-state index in [1.54, 1.807) is 47.4 Å². The molecule has 3 aromatic rings. The van der Waals surface area contributed by atoms with Gasteiger partial charge in [0.15, 0.2) is 0 Å². The number of hydrogen-bond acceptors (Lipinski definition) is 4. The van der Waals surface area contributed by atoms with Gasteiger partial charge in [-0.2, -0.15) is 0 Å². The maximum absolute atomic E-state index is 12.8. The standard InChI is InChI=1S/C24H22ClN3O4S/c1-16-4-2-5-18(14-16)27-33(31,32)20-11-12-22(25)21(15-20)24(30)26-17-7-9-19(10-8-17)28-13-3-6-23(28)29/h2,4-5,7-12,14-15,27H,3,6,13H2,1H3,(H,26,30). The van der Waals surface area contributed by atoms with Crippen LogP contribution in [0.4, 0.5) is 17.1 Å². The van der Waals surface area contributed by atoms with Crippen molar-refractivity contribution in [1.29, 1.82) is 0 Å². The van der Waals surface area contributed by atoms with Crippen molar-refractivity contribution in [3.63, 3.8) is 0 Å². The van der Waals surface area contributed by atoms with E-state index in [1.165, 1.54) is 18.2 Å². The number of halogens is 1. The molecule has 0 radical (unpaired) electrons. The van der Waals surface area contributed by atoms with E-state index in [0.717, 1.165) is 17.7 Å². The summed E-state index contributed by atoms with van der Waals surface area (Å²) in [6.45, 7) is 2.54. The van der Waals surface area contributed by atoms with Gasteiger partial charge in [-0.25, -0.2) is 8.42 Å². The van der Waals surface area contributed by atoms with Gasteiger partial charge in [-0.1, -0.05) is 23.7 Å². The summed E-state index contributed by atoms with van der Waals surface area (Å²) >= 11 is 6.20. The van der Waals surface area contributed by atoms with Crippen LogP contribution in [0.5, 0.6) is 0 Å². The Hall–Kier alpha value is -3.36. The van der Waals surface area contributed by atoms with Crippen LogP contribution in [-0.2, 0) is 14.8 Å². The summed E-state index contributed by atoms with van der Waals surface area (Å²) in [5.41, 5.74) is 2.63. The van der Waals surface area contributed by atoms with Gasteiger partial charge in [-0.15, -0.1) is 0 Å². The Balaban J connectivity index is 1.52. The molecular formula is C24H22ClN3O4S. The van der Waals surface area contributed by atoms with Crippen LogP contribution in [0.3, 0.4) is 0 Å². The molecular weight excluding hydrogens is 462 g/mol. The first-order valence-corrected chi connectivity index (χ1v) is 12.2. The number of anilines is 3. The van der Waals surface area contributed by atoms with Gasteiger partial charge in [-0.05, 0) is 73.5 Å². The average Bonchev–Trinajstić information content (AvgIpc) is 3.20. The minimum atomic E-state index is -3.92. The van der Waals surface area contributed by atoms with Crippen LogP contribution < -0.4 is 14.9 Å². The Morgan fingerprint density at radius 3 is 2.42 bits per heavy atom. The molecule has 0 aromatic heterocycles. The molecule has 1 aliphatic heterocycles. The third-order valence-electron chi connectivity index (χ3n) is 5.27. The summed E-state index contributed by atoms with van der Waals surface area (Å²) < 4.78 is 28.2. The largest absolute Gasteiger partial charge is 0.322 e. The second-order valence-electron chi connectivity index (χ2n) is 7.77. The zero-order valence-corrected chi connectivity index (χ0v) is 19.4. The van der Waals surface area contributed by atoms with Crippen LogP contribution in [0, 0.1) is 6.92 Å². The molecule has 0 bridgehead atoms. The van der Waals surface area contributed by atoms with Crippen LogP contribution >= 0.6 is 11.6 Å². The SMILES string of the molecule is Cc1cccc(NS(=O)(=O)c2ccc(Cl)c(C(=O)Nc3ccc(N4CCCC4=O)cc3)c2)c1. The smallest absolute Gasteiger partial charge is 0.261 e. The van der Waals surface area contributed by atoms with Crippen molar-refractivity contribution in [1.82, 2.24) is 0 Å². The van der Waals surface area contributed by atoms with Crippen molar-refractivity contribution in [3.05, 3.63) is 82.9 Å². The minimum Gasteiger partial charge on any atom is -0.322 e. The summed E-state index contributed by atoms with van der Waals surface area (Å²) in [5.74, 6) is -0.464. The molecule has 0 aliphatic carbocycles. The normalized spacial score (nSPS) is 13.8. The highest BCUT2D eigenvalue weighted by Crippen LogP contribution is 2.26. The molecule has 2 N–H and O–H groups in total. The highest BCUT2D eigenvalue weighted by molar-refractivity contribution is 7.92. The number of rotatable bonds is 6. The number of benzene rings is 3. The number of carbonyl (C=O) groups excluding carboxylic acids is 2. The van der Waals surface area contributed by atoms with Gasteiger partial charge >= 0.3 is 0 Å². The lowest BCUT2D eigenvalue weighted by atomic mass is 10.2. The molecule has 2 amide bonds. The number of nitrogens with zero attached hydrogens (tertiary/aromatic N) is 1. The predicted molar refractivity (Wildman–Crippen MR) is 129 cm³/mol. The lowest BCUT2D eigenvalue weighted by molar-refractivity contribution is -0.117. The number of sulfonamides is 1. The molecule has 1 fully saturated rings. The van der Waals surface area contributed by atoms with Gasteiger partial charge in [0.1, 0.15) is 0 Å². The van der Waals surface area contributed by atoms with Crippen molar-refractivity contribution >= 4 is 50.5 Å². The molecule has 1 saturated heterocycles. The molecule has 1 aliphatic rings. The Morgan fingerprint density at radius 2 is 1.76 bits per heavy atom. The lowest BCUT2D eigenvalue weighted by Crippen LogP contribution is -2.23. The van der Waals surface area contributed by atoms with E-state index in [4.69, 9.17) is 11.6 Å². The van der Waals surface area contributed by atoms with E-state index < -0.39 is 15.9 Å². The fourth-order valence-electron chi connectivity index (χ4n) is 3.61. The molecule has 0 atom stereocenters. The van der Waals surface area contributed by atoms with E-state index in [1.807, 2.05) is 13.0 Å². The van der Waals surface area contributed by atoms with E-state index in [0.29, 0.717) is 24.3 Å². The van der Waals surface area contributed by atoms with E-state index in [-0.39, 0.29) is 21.4 Å². The van der Waals surface area contributed by atoms with E-state index in [9.17, 15) is 18.0 Å². The van der Waals surface area contributed by atoms with E-state index >= 15 is 0 Å². The first-order chi connectivity index (χ1) is 15.7. The number of aryl methyl sites for hydroxylation is 1. The van der Waals surface area contributed by atoms with Crippen molar-refractivity contribution in [2.75, 3.05) is 21.5 Å². The summed E-state index contributed by atoms with van der Waals surface area (Å²) in [5, 5.41) is 2.85. The van der Waals surface area contributed by atoms with Crippen LogP contribution in [-0.4, -0.2) is 26.8 Å². The highest BCUT2D eigenvalue weighted by Gasteiger charge is 2.22. The Labute approximate surface area is 197 Å². The second kappa shape index (κ2) is 9.25. The van der Waals surface area contributed by atoms with E-state index in [2.05, 4.69) is 10.0 Å². The quantitative estimate of drug-likeness (QED) is 0.525. The third-order valence-corrected chi connectivity index (χ3v) is 6.98. The zero-order valence-electron chi connectivity index (χ0n) is 17.8. The molecule has 170 valence electrons. The number of carbonyl (C=O) groups is 2. The van der Waals surface area contributed by atoms with Crippen molar-refractivity contribution in [2.45, 2.75) is 24.7 Å². The van der Waals surface area contributed by atoms with Crippen LogP contribution in [0.15, 0.2) is 71.6 Å². The van der Waals surface area contributed by atoms with Gasteiger partial charge in [0.05, 0.1) is 15.5 Å². The fourth-order valence-corrected chi connectivity index (χ4v) is 4.89. The van der Waals surface area contributed by atoms with Crippen molar-refractivity contribution in [2.24, 2.45) is 0 Å². The zero-order chi connectivity index (χ0) is 23.6. The molecule has 0 unspecified atom stereocenters. The highest BCUT2D eigenvalue weighted by atomic mass is 35.5. The number of amides is 2. The summed E-state index contributed by atoms with van der Waals surface area (Å²) in [7, 11) is -3.92. The van der Waals surface area contributed by atoms with Crippen LogP contribution in [0.2, 0.25) is 5.02 Å². The second-order valence-corrected chi connectivity index (χ2v) is 9.86. The summed E-state index contributed by atoms with van der Waals surface area (Å²) in [4.78, 5) is 26.4. The maximum Gasteiger partial charge on any atom is 0.261 e. The van der Waals surface area contributed by atoms with Gasteiger partial charge in [0, 0.05) is 30.0 Å². The maximum atomic E-state index is 12.8. The molecule has 7 nitrogen and oxygen atoms in total. The summed E-state index contributed by atoms with van der Waals surface area (Å²) in [6.07, 6.45) is 1.36. The van der Waals surface area contributed by atoms with Gasteiger partial charge < -0.3 is 10.2 Å². The lowest BCUT2D eigenvalue weighted by Gasteiger charge is -2.16. The Morgan fingerprint density at radius 1 is 1.00 bits per heavy atom. The molecule has 0 saturated carbocycles. The van der Waals surface area contributed by atoms with Crippen molar-refractivity contribution in [3.8, 4) is 0 Å². The van der Waals surface area contributed by atoms with Crippen LogP contribution in [0.1, 0.15) is 28.8 Å². The molecule has 3 aromatic carbocycles. The predicted octanol–water partition coefficient (Wildman–Crippen LogP) is 4.83. The molecule has 1 heterocycles. The third kappa shape index (κ3) is 5.18. The number of hydrogen-bond donors (Lipinski definition) is 2. The molecule has 4 rings (SSSR count).